The third-order valence-electron chi connectivity index (χ3n) is 5.37. The quantitative estimate of drug-likeness (QED) is 0.900. The van der Waals surface area contributed by atoms with Crippen molar-refractivity contribution in [2.45, 2.75) is 31.3 Å². The van der Waals surface area contributed by atoms with E-state index >= 15 is 0 Å². The number of hydrogen-bond acceptors (Lipinski definition) is 3. The molecule has 0 heterocycles. The summed E-state index contributed by atoms with van der Waals surface area (Å²) in [4.78, 5) is 2.06. The minimum atomic E-state index is -1.17. The highest BCUT2D eigenvalue weighted by molar-refractivity contribution is 5.35. The van der Waals surface area contributed by atoms with Crippen LogP contribution in [0.1, 0.15) is 31.2 Å². The van der Waals surface area contributed by atoms with E-state index in [1.165, 1.54) is 6.07 Å². The molecule has 1 aromatic rings. The molecule has 2 saturated carbocycles. The van der Waals surface area contributed by atoms with Gasteiger partial charge in [-0.1, -0.05) is 18.6 Å². The number of phenolic OH excluding ortho intramolecular Hbond substituents is 1. The summed E-state index contributed by atoms with van der Waals surface area (Å²) in [7, 11) is 3.97. The number of hydrogen-bond donors (Lipinski definition) is 2. The third kappa shape index (κ3) is 2.44. The SMILES string of the molecule is CN(C)C[C@H]1[C@@H]2CC[C@@H](C2)C[C@]1(O)c1cccc(O)c1F. The number of aliphatic hydroxyl groups is 1. The Kier molecular flexibility index (Phi) is 3.70. The average Bonchev–Trinajstić information content (AvgIpc) is 2.81. The first-order chi connectivity index (χ1) is 9.91. The van der Waals surface area contributed by atoms with Gasteiger partial charge in [0.1, 0.15) is 0 Å². The average molecular weight is 293 g/mol. The standard InChI is InChI=1S/C17H24FNO2/c1-19(2)10-14-12-7-6-11(8-12)9-17(14,21)13-4-3-5-15(20)16(13)18/h3-5,11-12,14,20-21H,6-10H2,1-2H3/t11-,12+,14-,17-/m0/s1. The topological polar surface area (TPSA) is 43.7 Å². The molecule has 4 atom stereocenters. The van der Waals surface area contributed by atoms with Crippen LogP contribution in [0.5, 0.6) is 5.75 Å². The minimum Gasteiger partial charge on any atom is -0.505 e. The Labute approximate surface area is 125 Å². The minimum absolute atomic E-state index is 0.0162. The smallest absolute Gasteiger partial charge is 0.170 e. The van der Waals surface area contributed by atoms with Crippen LogP contribution in [0.4, 0.5) is 4.39 Å². The molecular weight excluding hydrogens is 269 g/mol. The molecule has 4 heteroatoms. The predicted molar refractivity (Wildman–Crippen MR) is 79.5 cm³/mol. The van der Waals surface area contributed by atoms with E-state index in [1.807, 2.05) is 14.1 Å². The molecule has 1 aromatic carbocycles. The molecule has 0 spiro atoms. The molecule has 2 aliphatic carbocycles. The molecule has 116 valence electrons. The van der Waals surface area contributed by atoms with Crippen LogP contribution in [0, 0.1) is 23.6 Å². The fourth-order valence-electron chi connectivity index (χ4n) is 4.50. The molecule has 0 amide bonds. The van der Waals surface area contributed by atoms with E-state index in [4.69, 9.17) is 0 Å². The summed E-state index contributed by atoms with van der Waals surface area (Å²) in [6.07, 6.45) is 3.98. The van der Waals surface area contributed by atoms with Crippen molar-refractivity contribution < 1.29 is 14.6 Å². The Morgan fingerprint density at radius 3 is 2.81 bits per heavy atom. The lowest BCUT2D eigenvalue weighted by atomic mass is 9.65. The Morgan fingerprint density at radius 1 is 1.33 bits per heavy atom. The molecule has 0 saturated heterocycles. The molecule has 3 nitrogen and oxygen atoms in total. The van der Waals surface area contributed by atoms with Gasteiger partial charge in [-0.2, -0.15) is 0 Å². The van der Waals surface area contributed by atoms with Crippen LogP contribution in [0.2, 0.25) is 0 Å². The van der Waals surface area contributed by atoms with Crippen LogP contribution in [0.25, 0.3) is 0 Å². The van der Waals surface area contributed by atoms with Gasteiger partial charge in [-0.3, -0.25) is 0 Å². The number of aromatic hydroxyl groups is 1. The Hall–Kier alpha value is -1.13. The van der Waals surface area contributed by atoms with Crippen LogP contribution >= 0.6 is 0 Å². The number of nitrogens with zero attached hydrogens (tertiary/aromatic N) is 1. The molecule has 0 radical (unpaired) electrons. The highest BCUT2D eigenvalue weighted by Crippen LogP contribution is 2.54. The molecule has 0 aromatic heterocycles. The summed E-state index contributed by atoms with van der Waals surface area (Å²) in [5, 5.41) is 21.0. The largest absolute Gasteiger partial charge is 0.505 e. The first kappa shape index (κ1) is 14.8. The van der Waals surface area contributed by atoms with Crippen molar-refractivity contribution >= 4 is 0 Å². The summed E-state index contributed by atoms with van der Waals surface area (Å²) < 4.78 is 14.4. The van der Waals surface area contributed by atoms with Crippen molar-refractivity contribution in [2.24, 2.45) is 17.8 Å². The molecule has 2 bridgehead atoms. The van der Waals surface area contributed by atoms with Crippen molar-refractivity contribution in [3.8, 4) is 5.75 Å². The summed E-state index contributed by atoms with van der Waals surface area (Å²) in [6, 6.07) is 4.58. The maximum Gasteiger partial charge on any atom is 0.170 e. The van der Waals surface area contributed by atoms with Crippen LogP contribution in [0.3, 0.4) is 0 Å². The van der Waals surface area contributed by atoms with Gasteiger partial charge in [0.2, 0.25) is 0 Å². The van der Waals surface area contributed by atoms with Crippen LogP contribution in [-0.2, 0) is 5.60 Å². The van der Waals surface area contributed by atoms with E-state index in [0.29, 0.717) is 18.3 Å². The van der Waals surface area contributed by atoms with Crippen molar-refractivity contribution in [1.82, 2.24) is 4.90 Å². The monoisotopic (exact) mass is 293 g/mol. The molecular formula is C17H24FNO2. The van der Waals surface area contributed by atoms with E-state index < -0.39 is 11.4 Å². The molecule has 2 fully saturated rings. The maximum atomic E-state index is 14.4. The predicted octanol–water partition coefficient (Wildman–Crippen LogP) is 2.72. The molecule has 0 unspecified atom stereocenters. The molecule has 21 heavy (non-hydrogen) atoms. The second kappa shape index (κ2) is 5.25. The number of rotatable bonds is 3. The van der Waals surface area contributed by atoms with Gasteiger partial charge in [0.25, 0.3) is 0 Å². The fourth-order valence-corrected chi connectivity index (χ4v) is 4.50. The molecule has 3 rings (SSSR count). The number of phenols is 1. The van der Waals surface area contributed by atoms with Crippen molar-refractivity contribution in [2.75, 3.05) is 20.6 Å². The third-order valence-corrected chi connectivity index (χ3v) is 5.37. The van der Waals surface area contributed by atoms with Crippen molar-refractivity contribution in [1.29, 1.82) is 0 Å². The zero-order valence-electron chi connectivity index (χ0n) is 12.7. The number of fused-ring (bicyclic) bond motifs is 2. The van der Waals surface area contributed by atoms with E-state index in [1.54, 1.807) is 12.1 Å². The van der Waals surface area contributed by atoms with Crippen LogP contribution < -0.4 is 0 Å². The van der Waals surface area contributed by atoms with Crippen molar-refractivity contribution in [3.05, 3.63) is 29.6 Å². The van der Waals surface area contributed by atoms with Crippen LogP contribution in [-0.4, -0.2) is 35.8 Å². The maximum absolute atomic E-state index is 14.4. The summed E-state index contributed by atoms with van der Waals surface area (Å²) in [5.41, 5.74) is -0.900. The summed E-state index contributed by atoms with van der Waals surface area (Å²) >= 11 is 0. The van der Waals surface area contributed by atoms with Gasteiger partial charge in [0.15, 0.2) is 11.6 Å². The van der Waals surface area contributed by atoms with Gasteiger partial charge in [-0.25, -0.2) is 4.39 Å². The van der Waals surface area contributed by atoms with Gasteiger partial charge in [-0.05, 0) is 51.3 Å². The van der Waals surface area contributed by atoms with Gasteiger partial charge in [0.05, 0.1) is 5.60 Å². The Balaban J connectivity index is 2.04. The highest BCUT2D eigenvalue weighted by atomic mass is 19.1. The molecule has 0 aliphatic heterocycles. The lowest BCUT2D eigenvalue weighted by molar-refractivity contribution is -0.0914. The summed E-state index contributed by atoms with van der Waals surface area (Å²) in [5.74, 6) is -0.104. The Bertz CT molecular complexity index is 534. The second-order valence-electron chi connectivity index (χ2n) is 7.07. The normalized spacial score (nSPS) is 35.4. The van der Waals surface area contributed by atoms with Gasteiger partial charge in [0, 0.05) is 18.0 Å². The zero-order chi connectivity index (χ0) is 15.2. The second-order valence-corrected chi connectivity index (χ2v) is 7.07. The van der Waals surface area contributed by atoms with Gasteiger partial charge in [-0.15, -0.1) is 0 Å². The van der Waals surface area contributed by atoms with Crippen LogP contribution in [0.15, 0.2) is 18.2 Å². The Morgan fingerprint density at radius 2 is 2.10 bits per heavy atom. The lowest BCUT2D eigenvalue weighted by Gasteiger charge is -2.45. The first-order valence-corrected chi connectivity index (χ1v) is 7.77. The molecule has 2 N–H and O–H groups in total. The van der Waals surface area contributed by atoms with E-state index in [2.05, 4.69) is 4.90 Å². The lowest BCUT2D eigenvalue weighted by Crippen LogP contribution is -2.47. The molecule has 2 aliphatic rings. The zero-order valence-corrected chi connectivity index (χ0v) is 12.7. The van der Waals surface area contributed by atoms with Gasteiger partial charge < -0.3 is 15.1 Å². The summed E-state index contributed by atoms with van der Waals surface area (Å²) in [6.45, 7) is 0.739. The number of halogens is 1. The first-order valence-electron chi connectivity index (χ1n) is 7.77. The van der Waals surface area contributed by atoms with Crippen molar-refractivity contribution in [3.63, 3.8) is 0 Å². The van der Waals surface area contributed by atoms with E-state index in [0.717, 1.165) is 25.8 Å². The van der Waals surface area contributed by atoms with E-state index in [9.17, 15) is 14.6 Å². The van der Waals surface area contributed by atoms with Gasteiger partial charge >= 0.3 is 0 Å². The highest BCUT2D eigenvalue weighted by Gasteiger charge is 2.52. The fraction of sp³-hybridized carbons (Fsp3) is 0.647. The van der Waals surface area contributed by atoms with E-state index in [-0.39, 0.29) is 17.2 Å². The number of benzene rings is 1.